The molecule has 0 radical (unpaired) electrons. The third kappa shape index (κ3) is 5.76. The quantitative estimate of drug-likeness (QED) is 0.295. The molecule has 194 valence electrons. The summed E-state index contributed by atoms with van der Waals surface area (Å²) in [5.74, 6) is -2.25. The van der Waals surface area contributed by atoms with Crippen molar-refractivity contribution in [1.29, 1.82) is 0 Å². The summed E-state index contributed by atoms with van der Waals surface area (Å²) >= 11 is 0. The molecular weight excluding hydrogens is 489 g/mol. The van der Waals surface area contributed by atoms with Gasteiger partial charge in [-0.3, -0.25) is 9.78 Å². The SMILES string of the molecule is COCC(C)OC(=O)Cc1cc(F)ccc1OCc1cc(-c2ccnc(CN)c2F)c2occc2c1F. The first-order chi connectivity index (χ1) is 17.8. The number of rotatable bonds is 10. The van der Waals surface area contributed by atoms with Gasteiger partial charge in [0.15, 0.2) is 5.82 Å². The molecule has 0 spiro atoms. The lowest BCUT2D eigenvalue weighted by molar-refractivity contribution is -0.149. The summed E-state index contributed by atoms with van der Waals surface area (Å²) in [6, 6.07) is 7.97. The zero-order chi connectivity index (χ0) is 26.5. The van der Waals surface area contributed by atoms with Gasteiger partial charge in [-0.1, -0.05) is 0 Å². The van der Waals surface area contributed by atoms with E-state index < -0.39 is 29.5 Å². The molecule has 0 saturated heterocycles. The minimum absolute atomic E-state index is 0.0574. The maximum absolute atomic E-state index is 15.3. The highest BCUT2D eigenvalue weighted by Gasteiger charge is 2.21. The monoisotopic (exact) mass is 514 g/mol. The van der Waals surface area contributed by atoms with E-state index in [1.165, 1.54) is 49.9 Å². The van der Waals surface area contributed by atoms with E-state index in [-0.39, 0.29) is 65.3 Å². The highest BCUT2D eigenvalue weighted by atomic mass is 19.1. The highest BCUT2D eigenvalue weighted by molar-refractivity contribution is 5.93. The summed E-state index contributed by atoms with van der Waals surface area (Å²) < 4.78 is 65.7. The van der Waals surface area contributed by atoms with Gasteiger partial charge < -0.3 is 24.4 Å². The van der Waals surface area contributed by atoms with Crippen molar-refractivity contribution in [1.82, 2.24) is 4.98 Å². The Morgan fingerprint density at radius 1 is 1.08 bits per heavy atom. The second-order valence-electron chi connectivity index (χ2n) is 8.36. The zero-order valence-corrected chi connectivity index (χ0v) is 20.2. The molecule has 0 aliphatic carbocycles. The smallest absolute Gasteiger partial charge is 0.310 e. The van der Waals surface area contributed by atoms with Crippen LogP contribution in [-0.4, -0.2) is 30.8 Å². The number of carbonyl (C=O) groups is 1. The number of esters is 1. The van der Waals surface area contributed by atoms with Crippen LogP contribution >= 0.6 is 0 Å². The second kappa shape index (κ2) is 11.4. The molecule has 0 aliphatic rings. The molecule has 7 nitrogen and oxygen atoms in total. The van der Waals surface area contributed by atoms with E-state index in [1.54, 1.807) is 6.92 Å². The second-order valence-corrected chi connectivity index (χ2v) is 8.36. The first-order valence-electron chi connectivity index (χ1n) is 11.4. The lowest BCUT2D eigenvalue weighted by Gasteiger charge is -2.15. The van der Waals surface area contributed by atoms with Crippen LogP contribution in [0.3, 0.4) is 0 Å². The number of nitrogens with two attached hydrogens (primary N) is 1. The van der Waals surface area contributed by atoms with E-state index >= 15 is 8.78 Å². The number of methoxy groups -OCH3 is 1. The number of furan rings is 1. The standard InChI is InChI=1S/C27H25F3N2O5/c1-15(13-34-2)37-24(33)11-16-9-18(28)3-4-23(16)36-14-17-10-21(27-20(25(17)29)6-8-35-27)19-5-7-32-22(12-31)26(19)30/h3-10,15H,11-14,31H2,1-2H3. The zero-order valence-electron chi connectivity index (χ0n) is 20.2. The summed E-state index contributed by atoms with van der Waals surface area (Å²) in [6.07, 6.45) is 1.96. The van der Waals surface area contributed by atoms with E-state index in [9.17, 15) is 9.18 Å². The topological polar surface area (TPSA) is 96.8 Å². The van der Waals surface area contributed by atoms with Gasteiger partial charge in [0.1, 0.15) is 35.7 Å². The average Bonchev–Trinajstić information content (AvgIpc) is 3.36. The molecule has 2 aromatic heterocycles. The number of ether oxygens (including phenoxy) is 3. The van der Waals surface area contributed by atoms with Gasteiger partial charge in [0.2, 0.25) is 0 Å². The molecule has 4 rings (SSSR count). The van der Waals surface area contributed by atoms with Crippen molar-refractivity contribution in [3.63, 3.8) is 0 Å². The molecular formula is C27H25F3N2O5. The fourth-order valence-corrected chi connectivity index (χ4v) is 3.98. The molecule has 0 saturated carbocycles. The normalized spacial score (nSPS) is 12.1. The van der Waals surface area contributed by atoms with Crippen LogP contribution in [0.15, 0.2) is 53.3 Å². The van der Waals surface area contributed by atoms with E-state index in [1.807, 2.05) is 0 Å². The van der Waals surface area contributed by atoms with Crippen molar-refractivity contribution >= 4 is 16.9 Å². The minimum Gasteiger partial charge on any atom is -0.488 e. The van der Waals surface area contributed by atoms with Crippen LogP contribution in [0.5, 0.6) is 5.75 Å². The maximum atomic E-state index is 15.3. The van der Waals surface area contributed by atoms with Gasteiger partial charge in [-0.25, -0.2) is 13.2 Å². The number of aromatic nitrogens is 1. The number of hydrogen-bond donors (Lipinski definition) is 1. The molecule has 2 aromatic carbocycles. The van der Waals surface area contributed by atoms with Crippen LogP contribution in [-0.2, 0) is 33.8 Å². The van der Waals surface area contributed by atoms with Crippen molar-refractivity contribution in [2.75, 3.05) is 13.7 Å². The predicted octanol–water partition coefficient (Wildman–Crippen LogP) is 5.07. The van der Waals surface area contributed by atoms with Gasteiger partial charge in [0.05, 0.1) is 30.4 Å². The molecule has 37 heavy (non-hydrogen) atoms. The van der Waals surface area contributed by atoms with Gasteiger partial charge in [-0.15, -0.1) is 0 Å². The molecule has 1 unspecified atom stereocenters. The van der Waals surface area contributed by atoms with Gasteiger partial charge in [-0.05, 0) is 43.3 Å². The minimum atomic E-state index is -0.636. The van der Waals surface area contributed by atoms with Crippen LogP contribution < -0.4 is 10.5 Å². The molecule has 4 aromatic rings. The summed E-state index contributed by atoms with van der Waals surface area (Å²) in [6.45, 7) is 1.47. The Labute approximate surface area is 210 Å². The molecule has 2 heterocycles. The lowest BCUT2D eigenvalue weighted by atomic mass is 9.99. The molecule has 0 aliphatic heterocycles. The van der Waals surface area contributed by atoms with Gasteiger partial charge in [0.25, 0.3) is 0 Å². The van der Waals surface area contributed by atoms with Crippen molar-refractivity contribution < 1.29 is 36.6 Å². The number of hydrogen-bond acceptors (Lipinski definition) is 7. The summed E-state index contributed by atoms with van der Waals surface area (Å²) in [5.41, 5.74) is 6.57. The highest BCUT2D eigenvalue weighted by Crippen LogP contribution is 2.35. The predicted molar refractivity (Wildman–Crippen MR) is 129 cm³/mol. The Morgan fingerprint density at radius 3 is 2.65 bits per heavy atom. The Balaban J connectivity index is 1.64. The van der Waals surface area contributed by atoms with Crippen molar-refractivity contribution in [2.24, 2.45) is 5.73 Å². The number of benzene rings is 2. The Hall–Kier alpha value is -3.89. The summed E-state index contributed by atoms with van der Waals surface area (Å²) in [7, 11) is 1.48. The molecule has 2 N–H and O–H groups in total. The molecule has 0 bridgehead atoms. The Bertz CT molecular complexity index is 1420. The van der Waals surface area contributed by atoms with E-state index in [2.05, 4.69) is 4.98 Å². The van der Waals surface area contributed by atoms with Crippen molar-refractivity contribution in [3.05, 3.63) is 83.1 Å². The van der Waals surface area contributed by atoms with Crippen LogP contribution in [0.4, 0.5) is 13.2 Å². The van der Waals surface area contributed by atoms with Crippen LogP contribution in [0, 0.1) is 17.5 Å². The Morgan fingerprint density at radius 2 is 1.89 bits per heavy atom. The lowest BCUT2D eigenvalue weighted by Crippen LogP contribution is -2.21. The first kappa shape index (κ1) is 26.2. The van der Waals surface area contributed by atoms with Crippen molar-refractivity contribution in [3.8, 4) is 16.9 Å². The van der Waals surface area contributed by atoms with E-state index in [0.29, 0.717) is 5.56 Å². The third-order valence-electron chi connectivity index (χ3n) is 5.67. The number of fused-ring (bicyclic) bond motifs is 1. The van der Waals surface area contributed by atoms with Crippen LogP contribution in [0.25, 0.3) is 22.1 Å². The van der Waals surface area contributed by atoms with Gasteiger partial charge in [-0.2, -0.15) is 0 Å². The number of pyridine rings is 1. The van der Waals surface area contributed by atoms with Gasteiger partial charge >= 0.3 is 5.97 Å². The van der Waals surface area contributed by atoms with E-state index in [0.717, 1.165) is 6.07 Å². The molecule has 0 fully saturated rings. The fraction of sp³-hybridized carbons (Fsp3) is 0.259. The third-order valence-corrected chi connectivity index (χ3v) is 5.67. The first-order valence-corrected chi connectivity index (χ1v) is 11.4. The largest absolute Gasteiger partial charge is 0.488 e. The van der Waals surface area contributed by atoms with Crippen LogP contribution in [0.1, 0.15) is 23.7 Å². The maximum Gasteiger partial charge on any atom is 0.310 e. The Kier molecular flexibility index (Phi) is 8.10. The number of carbonyl (C=O) groups excluding carboxylic acids is 1. The number of halogens is 3. The molecule has 0 amide bonds. The number of nitrogens with zero attached hydrogens (tertiary/aromatic N) is 1. The summed E-state index contributed by atoms with van der Waals surface area (Å²) in [4.78, 5) is 16.2. The average molecular weight is 515 g/mol. The molecule has 1 atom stereocenters. The van der Waals surface area contributed by atoms with Gasteiger partial charge in [0, 0.05) is 42.1 Å². The van der Waals surface area contributed by atoms with E-state index in [4.69, 9.17) is 24.4 Å². The van der Waals surface area contributed by atoms with Crippen molar-refractivity contribution in [2.45, 2.75) is 32.6 Å². The fourth-order valence-electron chi connectivity index (χ4n) is 3.98. The van der Waals surface area contributed by atoms with Crippen LogP contribution in [0.2, 0.25) is 0 Å². The summed E-state index contributed by atoms with van der Waals surface area (Å²) in [5, 5.41) is 0.136. The molecule has 10 heteroatoms.